The molecule has 1 aliphatic rings. The van der Waals surface area contributed by atoms with Gasteiger partial charge in [0.1, 0.15) is 18.1 Å². The molecule has 0 spiro atoms. The first-order valence-electron chi connectivity index (χ1n) is 13.3. The van der Waals surface area contributed by atoms with Crippen LogP contribution in [0.4, 0.5) is 0 Å². The van der Waals surface area contributed by atoms with Gasteiger partial charge in [-0.15, -0.1) is 0 Å². The molecule has 3 aromatic rings. The number of carbonyl (C=O) groups is 2. The van der Waals surface area contributed by atoms with Gasteiger partial charge < -0.3 is 19.5 Å². The molecule has 1 heterocycles. The molecule has 4 rings (SSSR count). The summed E-state index contributed by atoms with van der Waals surface area (Å²) in [6.07, 6.45) is 0.576. The molecule has 1 atom stereocenters. The summed E-state index contributed by atoms with van der Waals surface area (Å²) in [5.41, 5.74) is 4.65. The van der Waals surface area contributed by atoms with Crippen LogP contribution in [0.2, 0.25) is 0 Å². The molecule has 1 amide bonds. The maximum Gasteiger partial charge on any atom is 0.295 e. The number of amides is 1. The molecule has 1 saturated heterocycles. The summed E-state index contributed by atoms with van der Waals surface area (Å²) in [5, 5.41) is 11.4. The third kappa shape index (κ3) is 6.40. The minimum absolute atomic E-state index is 0.0397. The number of methoxy groups -OCH3 is 1. The average Bonchev–Trinajstić information content (AvgIpc) is 3.16. The molecule has 0 saturated carbocycles. The molecule has 0 bridgehead atoms. The van der Waals surface area contributed by atoms with E-state index in [0.717, 1.165) is 22.3 Å². The number of likely N-dealkylation sites (tertiary alicyclic amines) is 1. The lowest BCUT2D eigenvalue weighted by Crippen LogP contribution is -2.31. The summed E-state index contributed by atoms with van der Waals surface area (Å²) < 4.78 is 11.1. The van der Waals surface area contributed by atoms with E-state index >= 15 is 0 Å². The standard InChI is InChI=1S/C33H37NO5/c1-22-8-6-9-23(20-22)21-39-27-16-12-25(13-17-27)30(35)28-29(24-10-14-26(15-11-24)33(2,3)4)34(18-7-19-38-5)32(37)31(28)36/h6,8-17,20,29,35H,7,18-19,21H2,1-5H3/b30-28+. The first kappa shape index (κ1) is 28.1. The number of Topliss-reactive ketones (excluding diaryl/α,β-unsaturated/α-hetero) is 1. The van der Waals surface area contributed by atoms with E-state index in [1.165, 1.54) is 0 Å². The van der Waals surface area contributed by atoms with Crippen LogP contribution in [-0.2, 0) is 26.3 Å². The highest BCUT2D eigenvalue weighted by Gasteiger charge is 2.45. The topological polar surface area (TPSA) is 76.1 Å². The third-order valence-corrected chi connectivity index (χ3v) is 7.00. The summed E-state index contributed by atoms with van der Waals surface area (Å²) in [4.78, 5) is 27.9. The van der Waals surface area contributed by atoms with Crippen LogP contribution < -0.4 is 4.74 Å². The van der Waals surface area contributed by atoms with Gasteiger partial charge in [-0.05, 0) is 59.7 Å². The van der Waals surface area contributed by atoms with Crippen LogP contribution in [0.3, 0.4) is 0 Å². The molecule has 6 heteroatoms. The average molecular weight is 528 g/mol. The number of rotatable bonds is 9. The normalized spacial score (nSPS) is 17.1. The van der Waals surface area contributed by atoms with Crippen molar-refractivity contribution in [3.63, 3.8) is 0 Å². The molecule has 0 aromatic heterocycles. The fraction of sp³-hybridized carbons (Fsp3) is 0.333. The summed E-state index contributed by atoms with van der Waals surface area (Å²) in [5.74, 6) is -0.856. The number of carbonyl (C=O) groups excluding carboxylic acids is 2. The highest BCUT2D eigenvalue weighted by atomic mass is 16.5. The van der Waals surface area contributed by atoms with Gasteiger partial charge in [0, 0.05) is 25.8 Å². The van der Waals surface area contributed by atoms with Crippen molar-refractivity contribution in [2.75, 3.05) is 20.3 Å². The Kier molecular flexibility index (Phi) is 8.56. The summed E-state index contributed by atoms with van der Waals surface area (Å²) >= 11 is 0. The number of aryl methyl sites for hydroxylation is 1. The van der Waals surface area contributed by atoms with E-state index in [9.17, 15) is 14.7 Å². The van der Waals surface area contributed by atoms with Crippen LogP contribution in [0.25, 0.3) is 5.76 Å². The van der Waals surface area contributed by atoms with E-state index in [4.69, 9.17) is 9.47 Å². The van der Waals surface area contributed by atoms with Gasteiger partial charge in [0.05, 0.1) is 11.6 Å². The molecule has 3 aromatic carbocycles. The summed E-state index contributed by atoms with van der Waals surface area (Å²) in [6.45, 7) is 9.65. The minimum atomic E-state index is -0.687. The van der Waals surface area contributed by atoms with Crippen molar-refractivity contribution in [3.05, 3.63) is 106 Å². The van der Waals surface area contributed by atoms with Crippen molar-refractivity contribution < 1.29 is 24.2 Å². The SMILES string of the molecule is COCCCN1C(=O)C(=O)/C(=C(/O)c2ccc(OCc3cccc(C)c3)cc2)C1c1ccc(C(C)(C)C)cc1. The van der Waals surface area contributed by atoms with Gasteiger partial charge in [0.2, 0.25) is 0 Å². The Balaban J connectivity index is 1.65. The molecule has 0 radical (unpaired) electrons. The van der Waals surface area contributed by atoms with Crippen LogP contribution >= 0.6 is 0 Å². The molecule has 204 valence electrons. The van der Waals surface area contributed by atoms with Crippen molar-refractivity contribution >= 4 is 17.4 Å². The molecule has 6 nitrogen and oxygen atoms in total. The number of ketones is 1. The van der Waals surface area contributed by atoms with Crippen LogP contribution in [0, 0.1) is 6.92 Å². The highest BCUT2D eigenvalue weighted by molar-refractivity contribution is 6.46. The van der Waals surface area contributed by atoms with Gasteiger partial charge in [-0.2, -0.15) is 0 Å². The molecular formula is C33H37NO5. The van der Waals surface area contributed by atoms with E-state index < -0.39 is 17.7 Å². The van der Waals surface area contributed by atoms with Crippen molar-refractivity contribution in [1.29, 1.82) is 0 Å². The largest absolute Gasteiger partial charge is 0.507 e. The summed E-state index contributed by atoms with van der Waals surface area (Å²) in [7, 11) is 1.60. The minimum Gasteiger partial charge on any atom is -0.507 e. The van der Waals surface area contributed by atoms with Gasteiger partial charge >= 0.3 is 0 Å². The predicted octanol–water partition coefficient (Wildman–Crippen LogP) is 6.33. The number of benzene rings is 3. The molecule has 1 fully saturated rings. The second kappa shape index (κ2) is 11.9. The van der Waals surface area contributed by atoms with Gasteiger partial charge in [-0.1, -0.05) is 74.9 Å². The van der Waals surface area contributed by atoms with Gasteiger partial charge in [-0.3, -0.25) is 9.59 Å². The van der Waals surface area contributed by atoms with Crippen molar-refractivity contribution in [2.45, 2.75) is 52.2 Å². The lowest BCUT2D eigenvalue weighted by atomic mass is 9.85. The zero-order valence-corrected chi connectivity index (χ0v) is 23.4. The van der Waals surface area contributed by atoms with Gasteiger partial charge in [0.15, 0.2) is 0 Å². The second-order valence-electron chi connectivity index (χ2n) is 11.0. The van der Waals surface area contributed by atoms with Gasteiger partial charge in [-0.25, -0.2) is 0 Å². The Morgan fingerprint density at radius 1 is 0.974 bits per heavy atom. The fourth-order valence-corrected chi connectivity index (χ4v) is 4.83. The monoisotopic (exact) mass is 527 g/mol. The number of ether oxygens (including phenoxy) is 2. The smallest absolute Gasteiger partial charge is 0.295 e. The lowest BCUT2D eigenvalue weighted by Gasteiger charge is -2.26. The number of hydrogen-bond acceptors (Lipinski definition) is 5. The van der Waals surface area contributed by atoms with Crippen LogP contribution in [0.15, 0.2) is 78.4 Å². The molecule has 39 heavy (non-hydrogen) atoms. The maximum atomic E-state index is 13.3. The Hall–Kier alpha value is -3.90. The summed E-state index contributed by atoms with van der Waals surface area (Å²) in [6, 6.07) is 22.3. The molecule has 0 aliphatic carbocycles. The quantitative estimate of drug-likeness (QED) is 0.152. The van der Waals surface area contributed by atoms with Gasteiger partial charge in [0.25, 0.3) is 11.7 Å². The van der Waals surface area contributed by atoms with E-state index in [2.05, 4.69) is 26.8 Å². The van der Waals surface area contributed by atoms with Crippen molar-refractivity contribution in [1.82, 2.24) is 4.90 Å². The number of aliphatic hydroxyl groups excluding tert-OH is 1. The predicted molar refractivity (Wildman–Crippen MR) is 153 cm³/mol. The molecule has 1 unspecified atom stereocenters. The number of hydrogen-bond donors (Lipinski definition) is 1. The maximum absolute atomic E-state index is 13.3. The third-order valence-electron chi connectivity index (χ3n) is 7.00. The Bertz CT molecular complexity index is 1350. The van der Waals surface area contributed by atoms with Crippen molar-refractivity contribution in [2.24, 2.45) is 0 Å². The Morgan fingerprint density at radius 2 is 1.67 bits per heavy atom. The Morgan fingerprint density at radius 3 is 2.28 bits per heavy atom. The first-order chi connectivity index (χ1) is 18.6. The lowest BCUT2D eigenvalue weighted by molar-refractivity contribution is -0.140. The van der Waals surface area contributed by atoms with E-state index in [1.54, 1.807) is 36.3 Å². The van der Waals surface area contributed by atoms with Crippen molar-refractivity contribution in [3.8, 4) is 5.75 Å². The Labute approximate surface area is 230 Å². The molecule has 1 N–H and O–H groups in total. The molecule has 1 aliphatic heterocycles. The zero-order valence-electron chi connectivity index (χ0n) is 23.4. The van der Waals surface area contributed by atoms with Crippen LogP contribution in [-0.4, -0.2) is 42.0 Å². The van der Waals surface area contributed by atoms with E-state index in [-0.39, 0.29) is 16.7 Å². The van der Waals surface area contributed by atoms with Crippen LogP contribution in [0.1, 0.15) is 61.1 Å². The highest BCUT2D eigenvalue weighted by Crippen LogP contribution is 2.40. The zero-order chi connectivity index (χ0) is 28.2. The molecular weight excluding hydrogens is 490 g/mol. The number of nitrogens with zero attached hydrogens (tertiary/aromatic N) is 1. The first-order valence-corrected chi connectivity index (χ1v) is 13.3. The van der Waals surface area contributed by atoms with E-state index in [0.29, 0.717) is 37.5 Å². The fourth-order valence-electron chi connectivity index (χ4n) is 4.83. The van der Waals surface area contributed by atoms with E-state index in [1.807, 2.05) is 49.4 Å². The second-order valence-corrected chi connectivity index (χ2v) is 11.0. The van der Waals surface area contributed by atoms with Crippen LogP contribution in [0.5, 0.6) is 5.75 Å². The number of aliphatic hydroxyl groups is 1.